The van der Waals surface area contributed by atoms with Gasteiger partial charge < -0.3 is 9.26 Å². The number of hydrogen-bond acceptors (Lipinski definition) is 6. The number of sulfonamides is 1. The van der Waals surface area contributed by atoms with Crippen molar-refractivity contribution in [2.75, 3.05) is 0 Å². The fourth-order valence-corrected chi connectivity index (χ4v) is 1.91. The second-order valence-electron chi connectivity index (χ2n) is 3.79. The summed E-state index contributed by atoms with van der Waals surface area (Å²) < 4.78 is 58.7. The maximum atomic E-state index is 13.6. The first-order valence-corrected chi connectivity index (χ1v) is 6.76. The second kappa shape index (κ2) is 5.13. The van der Waals surface area contributed by atoms with Crippen LogP contribution in [-0.4, -0.2) is 18.6 Å². The van der Waals surface area contributed by atoms with Crippen molar-refractivity contribution in [1.29, 1.82) is 0 Å². The molecule has 7 nitrogen and oxygen atoms in total. The van der Waals surface area contributed by atoms with E-state index < -0.39 is 32.3 Å². The van der Waals surface area contributed by atoms with Gasteiger partial charge in [-0.15, -0.1) is 0 Å². The summed E-state index contributed by atoms with van der Waals surface area (Å²) in [5, 5.41) is 8.25. The van der Waals surface area contributed by atoms with E-state index in [4.69, 9.17) is 14.4 Å². The summed E-state index contributed by atoms with van der Waals surface area (Å²) in [5.74, 6) is -2.80. The van der Waals surface area contributed by atoms with Gasteiger partial charge >= 0.3 is 0 Å². The lowest BCUT2D eigenvalue weighted by atomic mass is 10.3. The molecule has 0 radical (unpaired) electrons. The predicted molar refractivity (Wildman–Crippen MR) is 61.1 cm³/mol. The minimum atomic E-state index is -4.20. The van der Waals surface area contributed by atoms with Gasteiger partial charge in [-0.1, -0.05) is 5.16 Å². The number of primary sulfonamides is 1. The summed E-state index contributed by atoms with van der Waals surface area (Å²) in [6.07, 6.45) is 0. The topological polar surface area (TPSA) is 108 Å². The van der Waals surface area contributed by atoms with Crippen LogP contribution in [0.25, 0.3) is 0 Å². The lowest BCUT2D eigenvalue weighted by Gasteiger charge is -2.07. The maximum absolute atomic E-state index is 13.6. The Hall–Kier alpha value is -2.07. The first-order valence-electron chi connectivity index (χ1n) is 5.21. The zero-order valence-corrected chi connectivity index (χ0v) is 10.9. The van der Waals surface area contributed by atoms with Gasteiger partial charge in [-0.05, 0) is 19.1 Å². The number of hydrogen-bond donors (Lipinski definition) is 1. The number of nitrogens with two attached hydrogens (primary N) is 1. The van der Waals surface area contributed by atoms with E-state index in [0.29, 0.717) is 18.0 Å². The normalized spacial score (nSPS) is 11.6. The summed E-state index contributed by atoms with van der Waals surface area (Å²) in [4.78, 5) is 3.09. The van der Waals surface area contributed by atoms with E-state index in [1.54, 1.807) is 6.92 Å². The van der Waals surface area contributed by atoms with Crippen LogP contribution in [0.2, 0.25) is 0 Å². The van der Waals surface area contributed by atoms with Gasteiger partial charge in [0, 0.05) is 0 Å². The lowest BCUT2D eigenvalue weighted by molar-refractivity contribution is 0.224. The summed E-state index contributed by atoms with van der Waals surface area (Å²) in [5.41, 5.74) is 0. The van der Waals surface area contributed by atoms with Gasteiger partial charge in [0.15, 0.2) is 29.8 Å². The van der Waals surface area contributed by atoms with Gasteiger partial charge in [-0.2, -0.15) is 4.98 Å². The van der Waals surface area contributed by atoms with Crippen LogP contribution in [0.1, 0.15) is 11.7 Å². The average molecular weight is 305 g/mol. The third-order valence-corrected chi connectivity index (χ3v) is 3.10. The van der Waals surface area contributed by atoms with Gasteiger partial charge in [-0.25, -0.2) is 22.3 Å². The third-order valence-electron chi connectivity index (χ3n) is 2.21. The van der Waals surface area contributed by atoms with Gasteiger partial charge in [0.1, 0.15) is 0 Å². The molecule has 20 heavy (non-hydrogen) atoms. The van der Waals surface area contributed by atoms with Crippen molar-refractivity contribution in [2.45, 2.75) is 18.4 Å². The van der Waals surface area contributed by atoms with Gasteiger partial charge in [0.2, 0.25) is 10.0 Å². The first kappa shape index (κ1) is 14.3. The second-order valence-corrected chi connectivity index (χ2v) is 5.35. The summed E-state index contributed by atoms with van der Waals surface area (Å²) in [6, 6.07) is 1.12. The smallest absolute Gasteiger partial charge is 0.264 e. The first-order chi connectivity index (χ1) is 9.27. The Morgan fingerprint density at radius 3 is 2.40 bits per heavy atom. The molecule has 1 aromatic heterocycles. The molecule has 1 heterocycles. The quantitative estimate of drug-likeness (QED) is 0.898. The van der Waals surface area contributed by atoms with Crippen LogP contribution < -0.4 is 9.88 Å². The third kappa shape index (κ3) is 3.08. The highest BCUT2D eigenvalue weighted by Gasteiger charge is 2.18. The molecule has 0 fully saturated rings. The number of nitrogens with zero attached hydrogens (tertiary/aromatic N) is 2. The van der Waals surface area contributed by atoms with Crippen LogP contribution in [0.4, 0.5) is 8.78 Å². The van der Waals surface area contributed by atoms with Crippen LogP contribution in [0, 0.1) is 18.6 Å². The average Bonchev–Trinajstić information content (AvgIpc) is 2.72. The number of rotatable bonds is 4. The minimum absolute atomic E-state index is 0.0248. The van der Waals surface area contributed by atoms with Crippen molar-refractivity contribution in [3.05, 3.63) is 35.5 Å². The van der Waals surface area contributed by atoms with Gasteiger partial charge in [-0.3, -0.25) is 0 Å². The predicted octanol–water partition coefficient (Wildman–Crippen LogP) is 0.883. The zero-order chi connectivity index (χ0) is 14.9. The maximum Gasteiger partial charge on any atom is 0.264 e. The molecule has 108 valence electrons. The molecular weight excluding hydrogens is 296 g/mol. The number of ether oxygens (including phenoxy) is 1. The van der Waals surface area contributed by atoms with Crippen molar-refractivity contribution in [3.63, 3.8) is 0 Å². The van der Waals surface area contributed by atoms with E-state index in [-0.39, 0.29) is 12.5 Å². The van der Waals surface area contributed by atoms with E-state index in [1.165, 1.54) is 0 Å². The Morgan fingerprint density at radius 2 is 1.95 bits per heavy atom. The van der Waals surface area contributed by atoms with Crippen LogP contribution in [-0.2, 0) is 16.6 Å². The summed E-state index contributed by atoms with van der Waals surface area (Å²) in [6.45, 7) is 1.21. The highest BCUT2D eigenvalue weighted by atomic mass is 32.2. The molecule has 0 saturated carbocycles. The van der Waals surface area contributed by atoms with Crippen molar-refractivity contribution in [2.24, 2.45) is 5.14 Å². The molecule has 2 aromatic rings. The molecule has 2 rings (SSSR count). The van der Waals surface area contributed by atoms with E-state index in [2.05, 4.69) is 10.1 Å². The number of benzene rings is 1. The van der Waals surface area contributed by atoms with Gasteiger partial charge in [0.05, 0.1) is 4.90 Å². The molecule has 0 amide bonds. The summed E-state index contributed by atoms with van der Waals surface area (Å²) >= 11 is 0. The molecule has 0 aliphatic rings. The standard InChI is InChI=1S/C10H9F2N3O4S/c1-5-14-9(19-15-5)4-18-10-7(11)2-6(3-8(10)12)20(13,16)17/h2-3H,4H2,1H3,(H2,13,16,17). The Balaban J connectivity index is 2.25. The molecule has 1 aromatic carbocycles. The number of halogens is 2. The monoisotopic (exact) mass is 305 g/mol. The van der Waals surface area contributed by atoms with Gasteiger partial charge in [0.25, 0.3) is 5.89 Å². The molecular formula is C10H9F2N3O4S. The zero-order valence-electron chi connectivity index (χ0n) is 10.1. The van der Waals surface area contributed by atoms with Crippen LogP contribution in [0.5, 0.6) is 5.75 Å². The lowest BCUT2D eigenvalue weighted by Crippen LogP contribution is -2.13. The fraction of sp³-hybridized carbons (Fsp3) is 0.200. The molecule has 10 heteroatoms. The van der Waals surface area contributed by atoms with E-state index in [1.807, 2.05) is 0 Å². The fourth-order valence-electron chi connectivity index (χ4n) is 1.37. The summed E-state index contributed by atoms with van der Waals surface area (Å²) in [7, 11) is -4.20. The van der Waals surface area contributed by atoms with Crippen molar-refractivity contribution >= 4 is 10.0 Å². The largest absolute Gasteiger partial charge is 0.478 e. The molecule has 2 N–H and O–H groups in total. The Kier molecular flexibility index (Phi) is 3.68. The highest BCUT2D eigenvalue weighted by molar-refractivity contribution is 7.89. The van der Waals surface area contributed by atoms with Crippen LogP contribution in [0.3, 0.4) is 0 Å². The van der Waals surface area contributed by atoms with Crippen LogP contribution in [0.15, 0.2) is 21.6 Å². The molecule has 0 saturated heterocycles. The SMILES string of the molecule is Cc1noc(COc2c(F)cc(S(N)(=O)=O)cc2F)n1. The molecule has 0 bridgehead atoms. The Morgan fingerprint density at radius 1 is 1.35 bits per heavy atom. The number of aryl methyl sites for hydroxylation is 1. The Labute approximate surface area is 112 Å². The minimum Gasteiger partial charge on any atom is -0.478 e. The molecule has 0 atom stereocenters. The van der Waals surface area contributed by atoms with E-state index in [0.717, 1.165) is 0 Å². The molecule has 0 unspecified atom stereocenters. The molecule has 0 aliphatic heterocycles. The molecule has 0 spiro atoms. The van der Waals surface area contributed by atoms with E-state index in [9.17, 15) is 17.2 Å². The van der Waals surface area contributed by atoms with Crippen molar-refractivity contribution < 1.29 is 26.5 Å². The van der Waals surface area contributed by atoms with E-state index >= 15 is 0 Å². The van der Waals surface area contributed by atoms with Crippen molar-refractivity contribution in [1.82, 2.24) is 10.1 Å². The van der Waals surface area contributed by atoms with Crippen molar-refractivity contribution in [3.8, 4) is 5.75 Å². The van der Waals surface area contributed by atoms with Crippen LogP contribution >= 0.6 is 0 Å². The Bertz CT molecular complexity index is 722. The highest BCUT2D eigenvalue weighted by Crippen LogP contribution is 2.25. The number of aromatic nitrogens is 2. The molecule has 0 aliphatic carbocycles.